The number of likely N-dealkylation sites (tertiary alicyclic amines) is 1. The van der Waals surface area contributed by atoms with E-state index in [1.54, 1.807) is 32.3 Å². The quantitative estimate of drug-likeness (QED) is 0.263. The predicted molar refractivity (Wildman–Crippen MR) is 191 cm³/mol. The monoisotopic (exact) mass is 702 g/mol. The number of nitrogens with two attached hydrogens (primary N) is 1. The zero-order valence-electron chi connectivity index (χ0n) is 27.9. The van der Waals surface area contributed by atoms with Gasteiger partial charge in [0.25, 0.3) is 0 Å². The summed E-state index contributed by atoms with van der Waals surface area (Å²) >= 11 is 12.7. The van der Waals surface area contributed by atoms with E-state index in [4.69, 9.17) is 48.6 Å². The number of aromatic nitrogens is 3. The van der Waals surface area contributed by atoms with Gasteiger partial charge in [0.05, 0.1) is 18.1 Å². The fraction of sp³-hybridized carbons (Fsp3) is 0.500. The number of rotatable bonds is 11. The Hall–Kier alpha value is -3.39. The summed E-state index contributed by atoms with van der Waals surface area (Å²) in [6, 6.07) is 9.44. The number of carbonyl (C=O) groups is 2. The lowest BCUT2D eigenvalue weighted by atomic mass is 9.96. The molecule has 2 aliphatic heterocycles. The third kappa shape index (κ3) is 12.9. The molecule has 14 heteroatoms. The molecule has 48 heavy (non-hydrogen) atoms. The third-order valence-corrected chi connectivity index (χ3v) is 8.38. The number of nitrogens with one attached hydrogen (secondary N) is 1. The van der Waals surface area contributed by atoms with Gasteiger partial charge in [0.1, 0.15) is 6.79 Å². The van der Waals surface area contributed by atoms with E-state index in [-0.39, 0.29) is 12.5 Å². The van der Waals surface area contributed by atoms with Crippen molar-refractivity contribution in [2.45, 2.75) is 39.7 Å². The van der Waals surface area contributed by atoms with Crippen molar-refractivity contribution in [1.82, 2.24) is 30.1 Å². The molecule has 1 aromatic carbocycles. The van der Waals surface area contributed by atoms with E-state index in [1.807, 2.05) is 25.0 Å². The Labute approximate surface area is 293 Å². The van der Waals surface area contributed by atoms with Crippen LogP contribution in [0.4, 0.5) is 5.95 Å². The number of aliphatic hydroxyl groups excluding tert-OH is 1. The summed E-state index contributed by atoms with van der Waals surface area (Å²) in [4.78, 5) is 40.3. The Morgan fingerprint density at radius 1 is 1.00 bits per heavy atom. The maximum atomic E-state index is 11.3. The molecule has 4 heterocycles. The Morgan fingerprint density at radius 3 is 2.21 bits per heavy atom. The van der Waals surface area contributed by atoms with Crippen LogP contribution >= 0.6 is 23.2 Å². The van der Waals surface area contributed by atoms with Crippen LogP contribution in [-0.2, 0) is 16.1 Å². The van der Waals surface area contributed by atoms with Crippen molar-refractivity contribution in [2.75, 3.05) is 70.4 Å². The molecule has 2 aliphatic rings. The molecule has 2 saturated heterocycles. The Balaban J connectivity index is 0.00000118. The topological polar surface area (TPSA) is 150 Å². The van der Waals surface area contributed by atoms with Gasteiger partial charge < -0.3 is 30.6 Å². The number of benzene rings is 1. The first-order valence-corrected chi connectivity index (χ1v) is 17.0. The van der Waals surface area contributed by atoms with Gasteiger partial charge in [-0.05, 0) is 88.1 Å². The van der Waals surface area contributed by atoms with Gasteiger partial charge >= 0.3 is 0 Å². The minimum absolute atomic E-state index is 0.0253. The average Bonchev–Trinajstić information content (AvgIpc) is 3.08. The molecule has 4 N–H and O–H groups in total. The van der Waals surface area contributed by atoms with Crippen LogP contribution in [0.15, 0.2) is 42.7 Å². The molecule has 3 aromatic rings. The van der Waals surface area contributed by atoms with Gasteiger partial charge in [0.2, 0.25) is 17.7 Å². The minimum Gasteiger partial charge on any atom is -0.436 e. The molecule has 0 spiro atoms. The average molecular weight is 704 g/mol. The van der Waals surface area contributed by atoms with E-state index >= 15 is 0 Å². The largest absolute Gasteiger partial charge is 0.436 e. The molecule has 12 nitrogen and oxygen atoms in total. The molecule has 0 unspecified atom stereocenters. The first-order chi connectivity index (χ1) is 23.3. The lowest BCUT2D eigenvalue weighted by Gasteiger charge is -2.34. The zero-order valence-corrected chi connectivity index (χ0v) is 29.4. The molecule has 0 radical (unpaired) electrons. The molecule has 1 amide bonds. The Bertz CT molecular complexity index is 1380. The summed E-state index contributed by atoms with van der Waals surface area (Å²) in [5, 5.41) is 11.6. The number of nitrogens with zero attached hydrogens (tertiary/aromatic N) is 6. The molecule has 2 fully saturated rings. The van der Waals surface area contributed by atoms with Crippen LogP contribution < -0.4 is 20.7 Å². The van der Waals surface area contributed by atoms with E-state index in [9.17, 15) is 4.79 Å². The highest BCUT2D eigenvalue weighted by atomic mass is 35.5. The van der Waals surface area contributed by atoms with Gasteiger partial charge in [-0.1, -0.05) is 23.2 Å². The van der Waals surface area contributed by atoms with Gasteiger partial charge in [-0.3, -0.25) is 14.6 Å². The standard InChI is InChI=1S/C31H40Cl2N8O2.C2H6O.CH2O/c1-22(42)35-18-23-3-7-40(8-4-23)21-24-13-29(25-15-26(32)17-27(33)16-25)38-30(14-24)43-28-19-36-31(37-20-28)41-11-9-39(10-12-41)6-2-5-34;1-2-3;1-2/h13-17,19-20,23H,2-12,18,21,34H2,1H3,(H,35,42);3H,2H2,1H3;1H2. The van der Waals surface area contributed by atoms with E-state index in [2.05, 4.69) is 36.1 Å². The summed E-state index contributed by atoms with van der Waals surface area (Å²) in [5.41, 5.74) is 8.27. The van der Waals surface area contributed by atoms with Crippen molar-refractivity contribution >= 4 is 41.8 Å². The number of piperidine rings is 1. The maximum Gasteiger partial charge on any atom is 0.225 e. The molecule has 262 valence electrons. The van der Waals surface area contributed by atoms with E-state index in [0.717, 1.165) is 102 Å². The van der Waals surface area contributed by atoms with Crippen molar-refractivity contribution in [1.29, 1.82) is 0 Å². The van der Waals surface area contributed by atoms with Crippen LogP contribution in [0.5, 0.6) is 11.6 Å². The van der Waals surface area contributed by atoms with Gasteiger partial charge in [0, 0.05) is 74.5 Å². The number of carbonyl (C=O) groups excluding carboxylic acids is 2. The number of pyridine rings is 1. The first kappa shape index (κ1) is 39.1. The molecule has 0 aliphatic carbocycles. The SMILES string of the molecule is C=O.CC(=O)NCC1CCN(Cc2cc(Oc3cnc(N4CCN(CCCN)CC4)nc3)nc(-c3cc(Cl)cc(Cl)c3)c2)CC1.CCO. The lowest BCUT2D eigenvalue weighted by molar-refractivity contribution is -0.119. The van der Waals surface area contributed by atoms with E-state index < -0.39 is 0 Å². The second-order valence-corrected chi connectivity index (χ2v) is 12.5. The lowest BCUT2D eigenvalue weighted by Crippen LogP contribution is -2.47. The first-order valence-electron chi connectivity index (χ1n) is 16.3. The molecular weight excluding hydrogens is 655 g/mol. The molecule has 2 aromatic heterocycles. The van der Waals surface area contributed by atoms with Crippen LogP contribution in [0, 0.1) is 5.92 Å². The summed E-state index contributed by atoms with van der Waals surface area (Å²) in [6.07, 6.45) is 6.50. The second kappa shape index (κ2) is 20.9. The summed E-state index contributed by atoms with van der Waals surface area (Å²) in [6.45, 7) is 14.4. The molecule has 0 saturated carbocycles. The zero-order chi connectivity index (χ0) is 34.9. The fourth-order valence-electron chi connectivity index (χ4n) is 5.58. The third-order valence-electron chi connectivity index (χ3n) is 7.94. The summed E-state index contributed by atoms with van der Waals surface area (Å²) in [5.74, 6) is 2.20. The highest BCUT2D eigenvalue weighted by Gasteiger charge is 2.21. The Morgan fingerprint density at radius 2 is 1.62 bits per heavy atom. The number of aliphatic hydroxyl groups is 1. The number of anilines is 1. The normalized spacial score (nSPS) is 15.5. The molecule has 0 atom stereocenters. The molecule has 5 rings (SSSR count). The van der Waals surface area contributed by atoms with E-state index in [1.165, 1.54) is 0 Å². The number of amides is 1. The van der Waals surface area contributed by atoms with Crippen LogP contribution in [0.1, 0.15) is 38.7 Å². The number of ether oxygens (including phenoxy) is 1. The summed E-state index contributed by atoms with van der Waals surface area (Å²) in [7, 11) is 0. The highest BCUT2D eigenvalue weighted by molar-refractivity contribution is 6.35. The number of halogens is 2. The van der Waals surface area contributed by atoms with Crippen molar-refractivity contribution in [3.63, 3.8) is 0 Å². The van der Waals surface area contributed by atoms with Crippen LogP contribution in [0.2, 0.25) is 10.0 Å². The number of hydrogen-bond donors (Lipinski definition) is 3. The second-order valence-electron chi connectivity index (χ2n) is 11.6. The van der Waals surface area contributed by atoms with Crippen molar-refractivity contribution in [3.8, 4) is 22.9 Å². The van der Waals surface area contributed by atoms with Crippen molar-refractivity contribution in [2.24, 2.45) is 11.7 Å². The van der Waals surface area contributed by atoms with Crippen LogP contribution in [0.3, 0.4) is 0 Å². The number of hydrogen-bond acceptors (Lipinski definition) is 11. The molecular formula is C34H48Cl2N8O4. The predicted octanol–water partition coefficient (Wildman–Crippen LogP) is 4.27. The van der Waals surface area contributed by atoms with Gasteiger partial charge in [0.15, 0.2) is 5.75 Å². The smallest absolute Gasteiger partial charge is 0.225 e. The summed E-state index contributed by atoms with van der Waals surface area (Å²) < 4.78 is 6.21. The maximum absolute atomic E-state index is 11.3. The molecule has 0 bridgehead atoms. The Kier molecular flexibility index (Phi) is 17.0. The van der Waals surface area contributed by atoms with Crippen molar-refractivity contribution in [3.05, 3.63) is 58.3 Å². The highest BCUT2D eigenvalue weighted by Crippen LogP contribution is 2.31. The van der Waals surface area contributed by atoms with Crippen molar-refractivity contribution < 1.29 is 19.4 Å². The van der Waals surface area contributed by atoms with Gasteiger partial charge in [-0.25, -0.2) is 15.0 Å². The van der Waals surface area contributed by atoms with E-state index in [0.29, 0.717) is 33.5 Å². The van der Waals surface area contributed by atoms with Crippen LogP contribution in [-0.4, -0.2) is 108 Å². The van der Waals surface area contributed by atoms with Gasteiger partial charge in [-0.2, -0.15) is 0 Å². The van der Waals surface area contributed by atoms with Gasteiger partial charge in [-0.15, -0.1) is 0 Å². The minimum atomic E-state index is 0.0253. The number of piperazine rings is 1. The fourth-order valence-corrected chi connectivity index (χ4v) is 6.11. The van der Waals surface area contributed by atoms with Crippen LogP contribution in [0.25, 0.3) is 11.3 Å².